The van der Waals surface area contributed by atoms with Crippen molar-refractivity contribution in [1.82, 2.24) is 0 Å². The molecule has 0 spiro atoms. The van der Waals surface area contributed by atoms with Gasteiger partial charge in [-0.2, -0.15) is 24.6 Å². The third kappa shape index (κ3) is 4.42. The summed E-state index contributed by atoms with van der Waals surface area (Å²) >= 11 is 0. The second-order valence-electron chi connectivity index (χ2n) is 1.49. The van der Waals surface area contributed by atoms with E-state index in [2.05, 4.69) is 6.92 Å². The van der Waals surface area contributed by atoms with Gasteiger partial charge in [-0.3, -0.25) is 0 Å². The largest absolute Gasteiger partial charge is 2.00 e. The molecule has 0 bridgehead atoms. The predicted octanol–water partition coefficient (Wildman–Crippen LogP) is -1.13. The molecule has 0 saturated heterocycles. The van der Waals surface area contributed by atoms with Gasteiger partial charge in [0.1, 0.15) is 0 Å². The maximum Gasteiger partial charge on any atom is 2.00 e. The number of halogens is 1. The van der Waals surface area contributed by atoms with Crippen molar-refractivity contribution in [2.75, 3.05) is 0 Å². The summed E-state index contributed by atoms with van der Waals surface area (Å²) in [4.78, 5) is 0. The molecule has 0 nitrogen and oxygen atoms in total. The van der Waals surface area contributed by atoms with Crippen LogP contribution in [0.4, 0.5) is 0 Å². The molecule has 0 aliphatic rings. The summed E-state index contributed by atoms with van der Waals surface area (Å²) in [7, 11) is 0. The van der Waals surface area contributed by atoms with Gasteiger partial charge < -0.3 is 12.4 Å². The van der Waals surface area contributed by atoms with Gasteiger partial charge in [0.25, 0.3) is 0 Å². The molecule has 0 N–H and O–H groups in total. The predicted molar refractivity (Wildman–Crippen MR) is 30.9 cm³/mol. The van der Waals surface area contributed by atoms with Crippen molar-refractivity contribution in [2.45, 2.75) is 0 Å². The molecular formula is C7H7ClCr. The molecule has 1 aromatic carbocycles. The summed E-state index contributed by atoms with van der Waals surface area (Å²) in [5.41, 5.74) is 1.07. The Bertz CT molecular complexity index is 139. The van der Waals surface area contributed by atoms with Gasteiger partial charge in [0.05, 0.1) is 0 Å². The summed E-state index contributed by atoms with van der Waals surface area (Å²) in [6, 6.07) is 9.87. The third-order valence-electron chi connectivity index (χ3n) is 0.843. The standard InChI is InChI=1S/C7H7.ClH.Cr/c1-7-5-3-2-4-6-7;;/h2-6H,1H2;1H;/q-1;;+2/p-1. The van der Waals surface area contributed by atoms with Gasteiger partial charge in [0.15, 0.2) is 0 Å². The van der Waals surface area contributed by atoms with Crippen molar-refractivity contribution >= 4 is 0 Å². The summed E-state index contributed by atoms with van der Waals surface area (Å²) in [6.45, 7) is 3.72. The van der Waals surface area contributed by atoms with Gasteiger partial charge in [0.2, 0.25) is 0 Å². The van der Waals surface area contributed by atoms with Crippen molar-refractivity contribution in [3.63, 3.8) is 0 Å². The van der Waals surface area contributed by atoms with E-state index in [1.165, 1.54) is 0 Å². The SMILES string of the molecule is [CH2-]c1ccccc1.[Cl-].[Cr+2]. The van der Waals surface area contributed by atoms with Crippen LogP contribution in [-0.4, -0.2) is 0 Å². The second kappa shape index (κ2) is 6.04. The van der Waals surface area contributed by atoms with Crippen LogP contribution in [0.15, 0.2) is 30.3 Å². The fraction of sp³-hybridized carbons (Fsp3) is 0. The van der Waals surface area contributed by atoms with Gasteiger partial charge >= 0.3 is 17.4 Å². The average molecular weight is 179 g/mol. The van der Waals surface area contributed by atoms with E-state index in [4.69, 9.17) is 0 Å². The molecule has 0 fully saturated rings. The molecule has 9 heavy (non-hydrogen) atoms. The molecule has 0 unspecified atom stereocenters. The summed E-state index contributed by atoms with van der Waals surface area (Å²) < 4.78 is 0. The first-order valence-electron chi connectivity index (χ1n) is 2.26. The molecule has 0 saturated carbocycles. The van der Waals surface area contributed by atoms with E-state index in [1.54, 1.807) is 0 Å². The summed E-state index contributed by atoms with van der Waals surface area (Å²) in [5.74, 6) is 0. The van der Waals surface area contributed by atoms with E-state index in [0.717, 1.165) is 5.56 Å². The average Bonchev–Trinajstić information content (AvgIpc) is 1.69. The molecule has 1 rings (SSSR count). The molecule has 0 atom stereocenters. The fourth-order valence-corrected chi connectivity index (χ4v) is 0.478. The maximum atomic E-state index is 3.72. The zero-order valence-corrected chi connectivity index (χ0v) is 6.91. The Kier molecular flexibility index (Phi) is 7.84. The van der Waals surface area contributed by atoms with E-state index >= 15 is 0 Å². The molecule has 0 heterocycles. The molecular weight excluding hydrogens is 172 g/mol. The molecule has 2 heteroatoms. The molecule has 0 aliphatic heterocycles. The van der Waals surface area contributed by atoms with Gasteiger partial charge in [-0.15, -0.1) is 12.1 Å². The topological polar surface area (TPSA) is 0 Å². The Morgan fingerprint density at radius 1 is 1.00 bits per heavy atom. The van der Waals surface area contributed by atoms with Gasteiger partial charge in [-0.25, -0.2) is 0 Å². The number of benzene rings is 1. The maximum absolute atomic E-state index is 3.72. The molecule has 0 amide bonds. The number of rotatable bonds is 0. The van der Waals surface area contributed by atoms with Crippen molar-refractivity contribution in [3.05, 3.63) is 42.8 Å². The zero-order valence-electron chi connectivity index (χ0n) is 4.88. The summed E-state index contributed by atoms with van der Waals surface area (Å²) in [6.07, 6.45) is 0. The van der Waals surface area contributed by atoms with Crippen molar-refractivity contribution in [1.29, 1.82) is 0 Å². The Balaban J connectivity index is 0. The minimum absolute atomic E-state index is 0. The molecule has 1 aromatic rings. The van der Waals surface area contributed by atoms with E-state index in [9.17, 15) is 0 Å². The first-order valence-corrected chi connectivity index (χ1v) is 2.26. The normalized spacial score (nSPS) is 6.67. The number of hydrogen-bond donors (Lipinski definition) is 0. The van der Waals surface area contributed by atoms with Crippen LogP contribution >= 0.6 is 0 Å². The van der Waals surface area contributed by atoms with Crippen LogP contribution in [0.2, 0.25) is 0 Å². The monoisotopic (exact) mass is 178 g/mol. The van der Waals surface area contributed by atoms with E-state index in [-0.39, 0.29) is 29.8 Å². The van der Waals surface area contributed by atoms with Crippen LogP contribution in [0.1, 0.15) is 5.56 Å². The van der Waals surface area contributed by atoms with Crippen molar-refractivity contribution < 1.29 is 29.8 Å². The number of hydrogen-bond acceptors (Lipinski definition) is 0. The van der Waals surface area contributed by atoms with Crippen LogP contribution in [-0.2, 0) is 17.4 Å². The van der Waals surface area contributed by atoms with Crippen molar-refractivity contribution in [2.24, 2.45) is 0 Å². The molecule has 0 aromatic heterocycles. The minimum atomic E-state index is 0. The Labute approximate surface area is 72.8 Å². The quantitative estimate of drug-likeness (QED) is 0.441. The van der Waals surface area contributed by atoms with E-state index < -0.39 is 0 Å². The third-order valence-corrected chi connectivity index (χ3v) is 0.843. The first-order chi connectivity index (χ1) is 3.39. The minimum Gasteiger partial charge on any atom is -1.00 e. The van der Waals surface area contributed by atoms with Crippen LogP contribution in [0, 0.1) is 6.92 Å². The fourth-order valence-electron chi connectivity index (χ4n) is 0.478. The van der Waals surface area contributed by atoms with Gasteiger partial charge in [-0.05, 0) is 0 Å². The van der Waals surface area contributed by atoms with Gasteiger partial charge in [0, 0.05) is 0 Å². The van der Waals surface area contributed by atoms with Crippen LogP contribution in [0.3, 0.4) is 0 Å². The molecule has 48 valence electrons. The Morgan fingerprint density at radius 2 is 1.44 bits per heavy atom. The second-order valence-corrected chi connectivity index (χ2v) is 1.49. The van der Waals surface area contributed by atoms with Gasteiger partial charge in [-0.1, -0.05) is 6.07 Å². The first kappa shape index (κ1) is 11.7. The van der Waals surface area contributed by atoms with Crippen molar-refractivity contribution in [3.8, 4) is 0 Å². The molecule has 0 aliphatic carbocycles. The smallest absolute Gasteiger partial charge is 1.00 e. The Hall–Kier alpha value is -0.0875. The van der Waals surface area contributed by atoms with Crippen LogP contribution in [0.25, 0.3) is 0 Å². The molecule has 0 radical (unpaired) electrons. The Morgan fingerprint density at radius 3 is 1.67 bits per heavy atom. The zero-order chi connectivity index (χ0) is 5.11. The van der Waals surface area contributed by atoms with E-state index in [0.29, 0.717) is 0 Å². The van der Waals surface area contributed by atoms with Crippen LogP contribution < -0.4 is 12.4 Å². The van der Waals surface area contributed by atoms with E-state index in [1.807, 2.05) is 30.3 Å². The summed E-state index contributed by atoms with van der Waals surface area (Å²) in [5, 5.41) is 0. The van der Waals surface area contributed by atoms with Crippen LogP contribution in [0.5, 0.6) is 0 Å².